The lowest BCUT2D eigenvalue weighted by molar-refractivity contribution is -0.121. The molecule has 122 valence electrons. The first-order chi connectivity index (χ1) is 10.5. The number of hydrogen-bond acceptors (Lipinski definition) is 6. The van der Waals surface area contributed by atoms with E-state index in [2.05, 4.69) is 15.5 Å². The van der Waals surface area contributed by atoms with Crippen LogP contribution < -0.4 is 5.32 Å². The molecule has 1 saturated heterocycles. The highest BCUT2D eigenvalue weighted by molar-refractivity contribution is 7.15. The second-order valence-electron chi connectivity index (χ2n) is 5.39. The Hall–Kier alpha value is -1.74. The molecule has 9 heteroatoms. The number of hydrogen-bond donors (Lipinski definition) is 1. The van der Waals surface area contributed by atoms with Crippen molar-refractivity contribution in [3.63, 3.8) is 0 Å². The van der Waals surface area contributed by atoms with Crippen LogP contribution in [0.5, 0.6) is 0 Å². The Morgan fingerprint density at radius 1 is 1.45 bits per heavy atom. The molecule has 22 heavy (non-hydrogen) atoms. The molecule has 3 amide bonds. The van der Waals surface area contributed by atoms with Crippen LogP contribution in [-0.4, -0.2) is 66.2 Å². The third kappa shape index (κ3) is 4.14. The zero-order chi connectivity index (χ0) is 16.1. The van der Waals surface area contributed by atoms with E-state index in [9.17, 15) is 9.59 Å². The molecular formula is C13H21N5O3S. The Morgan fingerprint density at radius 2 is 2.23 bits per heavy atom. The minimum absolute atomic E-state index is 0.0594. The van der Waals surface area contributed by atoms with E-state index in [-0.39, 0.29) is 17.9 Å². The van der Waals surface area contributed by atoms with Crippen LogP contribution in [0.25, 0.3) is 0 Å². The average Bonchev–Trinajstić information content (AvgIpc) is 2.94. The van der Waals surface area contributed by atoms with E-state index in [1.54, 1.807) is 26.1 Å². The van der Waals surface area contributed by atoms with Gasteiger partial charge in [-0.15, -0.1) is 10.2 Å². The van der Waals surface area contributed by atoms with Gasteiger partial charge in [0.1, 0.15) is 11.6 Å². The summed E-state index contributed by atoms with van der Waals surface area (Å²) in [6.07, 6.45) is 1.59. The fourth-order valence-corrected chi connectivity index (χ4v) is 3.06. The number of urea groups is 1. The SMILES string of the molecule is COCc1nnc(NC(=O)[C@H]2CCCN(C(=O)N(C)C)C2)s1. The quantitative estimate of drug-likeness (QED) is 0.892. The number of likely N-dealkylation sites (tertiary alicyclic amines) is 1. The van der Waals surface area contributed by atoms with Crippen LogP contribution in [0.1, 0.15) is 17.8 Å². The van der Waals surface area contributed by atoms with Crippen molar-refractivity contribution >= 4 is 28.4 Å². The van der Waals surface area contributed by atoms with E-state index in [1.807, 2.05) is 0 Å². The van der Waals surface area contributed by atoms with Crippen molar-refractivity contribution in [2.75, 3.05) is 39.6 Å². The first-order valence-corrected chi connectivity index (χ1v) is 7.91. The van der Waals surface area contributed by atoms with E-state index in [0.717, 1.165) is 12.8 Å². The minimum atomic E-state index is -0.215. The van der Waals surface area contributed by atoms with Gasteiger partial charge in [0.25, 0.3) is 0 Å². The molecule has 1 fully saturated rings. The summed E-state index contributed by atoms with van der Waals surface area (Å²) in [5.74, 6) is -0.330. The Balaban J connectivity index is 1.92. The smallest absolute Gasteiger partial charge is 0.319 e. The van der Waals surface area contributed by atoms with Gasteiger partial charge in [0.2, 0.25) is 11.0 Å². The number of rotatable bonds is 4. The Bertz CT molecular complexity index is 534. The van der Waals surface area contributed by atoms with Crippen LogP contribution in [0.3, 0.4) is 0 Å². The number of ether oxygens (including phenoxy) is 1. The second kappa shape index (κ2) is 7.50. The topological polar surface area (TPSA) is 87.7 Å². The lowest BCUT2D eigenvalue weighted by Crippen LogP contribution is -2.47. The van der Waals surface area contributed by atoms with Gasteiger partial charge < -0.3 is 19.9 Å². The highest BCUT2D eigenvalue weighted by Gasteiger charge is 2.29. The number of amides is 3. The molecule has 0 saturated carbocycles. The van der Waals surface area contributed by atoms with Gasteiger partial charge in [0, 0.05) is 34.3 Å². The highest BCUT2D eigenvalue weighted by atomic mass is 32.1. The van der Waals surface area contributed by atoms with Gasteiger partial charge in [-0.05, 0) is 12.8 Å². The molecular weight excluding hydrogens is 306 g/mol. The maximum Gasteiger partial charge on any atom is 0.319 e. The summed E-state index contributed by atoms with van der Waals surface area (Å²) in [5, 5.41) is 11.8. The Kier molecular flexibility index (Phi) is 5.67. The van der Waals surface area contributed by atoms with Crippen molar-refractivity contribution in [3.05, 3.63) is 5.01 Å². The number of nitrogens with one attached hydrogen (secondary N) is 1. The zero-order valence-electron chi connectivity index (χ0n) is 13.0. The molecule has 1 aliphatic rings. The first-order valence-electron chi connectivity index (χ1n) is 7.09. The summed E-state index contributed by atoms with van der Waals surface area (Å²) in [6.45, 7) is 1.51. The van der Waals surface area contributed by atoms with Crippen LogP contribution in [0, 0.1) is 5.92 Å². The summed E-state index contributed by atoms with van der Waals surface area (Å²) in [6, 6.07) is -0.0594. The lowest BCUT2D eigenvalue weighted by Gasteiger charge is -2.33. The van der Waals surface area contributed by atoms with Crippen molar-refractivity contribution < 1.29 is 14.3 Å². The number of aromatic nitrogens is 2. The number of anilines is 1. The third-order valence-electron chi connectivity index (χ3n) is 3.41. The van der Waals surface area contributed by atoms with Gasteiger partial charge in [-0.25, -0.2) is 4.79 Å². The molecule has 0 aliphatic carbocycles. The molecule has 0 unspecified atom stereocenters. The summed E-state index contributed by atoms with van der Waals surface area (Å²) in [4.78, 5) is 27.5. The summed E-state index contributed by atoms with van der Waals surface area (Å²) < 4.78 is 4.97. The second-order valence-corrected chi connectivity index (χ2v) is 6.45. The van der Waals surface area contributed by atoms with Crippen LogP contribution in [0.2, 0.25) is 0 Å². The van der Waals surface area contributed by atoms with Crippen LogP contribution in [0.4, 0.5) is 9.93 Å². The molecule has 1 N–H and O–H groups in total. The van der Waals surface area contributed by atoms with Crippen molar-refractivity contribution in [3.8, 4) is 0 Å². The van der Waals surface area contributed by atoms with Crippen molar-refractivity contribution in [2.45, 2.75) is 19.4 Å². The van der Waals surface area contributed by atoms with E-state index in [1.165, 1.54) is 16.2 Å². The molecule has 0 radical (unpaired) electrons. The Morgan fingerprint density at radius 3 is 2.91 bits per heavy atom. The van der Waals surface area contributed by atoms with E-state index in [0.29, 0.717) is 29.8 Å². The predicted molar refractivity (Wildman–Crippen MR) is 82.6 cm³/mol. The monoisotopic (exact) mass is 327 g/mol. The molecule has 2 rings (SSSR count). The number of carbonyl (C=O) groups excluding carboxylic acids is 2. The Labute approximate surface area is 133 Å². The number of piperidine rings is 1. The molecule has 1 aromatic rings. The fraction of sp³-hybridized carbons (Fsp3) is 0.692. The molecule has 2 heterocycles. The first kappa shape index (κ1) is 16.6. The minimum Gasteiger partial charge on any atom is -0.377 e. The van der Waals surface area contributed by atoms with Crippen molar-refractivity contribution in [1.82, 2.24) is 20.0 Å². The number of nitrogens with zero attached hydrogens (tertiary/aromatic N) is 4. The fourth-order valence-electron chi connectivity index (χ4n) is 2.34. The molecule has 0 bridgehead atoms. The van der Waals surface area contributed by atoms with Gasteiger partial charge in [-0.2, -0.15) is 0 Å². The maximum absolute atomic E-state index is 12.3. The maximum atomic E-state index is 12.3. The third-order valence-corrected chi connectivity index (χ3v) is 4.22. The molecule has 0 spiro atoms. The van der Waals surface area contributed by atoms with Gasteiger partial charge in [-0.1, -0.05) is 11.3 Å². The van der Waals surface area contributed by atoms with E-state index in [4.69, 9.17) is 4.74 Å². The lowest BCUT2D eigenvalue weighted by atomic mass is 9.97. The van der Waals surface area contributed by atoms with E-state index >= 15 is 0 Å². The van der Waals surface area contributed by atoms with Crippen LogP contribution in [0.15, 0.2) is 0 Å². The van der Waals surface area contributed by atoms with Gasteiger partial charge in [-0.3, -0.25) is 4.79 Å². The molecule has 1 aromatic heterocycles. The summed E-state index contributed by atoms with van der Waals surface area (Å²) in [7, 11) is 5.01. The van der Waals surface area contributed by atoms with Gasteiger partial charge in [0.05, 0.1) is 5.92 Å². The number of carbonyl (C=O) groups is 2. The average molecular weight is 327 g/mol. The van der Waals surface area contributed by atoms with E-state index < -0.39 is 0 Å². The zero-order valence-corrected chi connectivity index (χ0v) is 13.9. The van der Waals surface area contributed by atoms with Gasteiger partial charge in [0.15, 0.2) is 0 Å². The molecule has 1 atom stereocenters. The number of methoxy groups -OCH3 is 1. The van der Waals surface area contributed by atoms with Crippen molar-refractivity contribution in [2.24, 2.45) is 5.92 Å². The normalized spacial score (nSPS) is 18.1. The standard InChI is InChI=1S/C13H21N5O3S/c1-17(2)13(20)18-6-4-5-9(7-18)11(19)14-12-16-15-10(22-12)8-21-3/h9H,4-8H2,1-3H3,(H,14,16,19)/t9-/m0/s1. The van der Waals surface area contributed by atoms with Gasteiger partial charge >= 0.3 is 6.03 Å². The summed E-state index contributed by atoms with van der Waals surface area (Å²) >= 11 is 1.29. The van der Waals surface area contributed by atoms with Crippen LogP contribution in [-0.2, 0) is 16.1 Å². The summed E-state index contributed by atoms with van der Waals surface area (Å²) in [5.41, 5.74) is 0. The molecule has 1 aliphatic heterocycles. The molecule has 8 nitrogen and oxygen atoms in total. The largest absolute Gasteiger partial charge is 0.377 e. The van der Waals surface area contributed by atoms with Crippen molar-refractivity contribution in [1.29, 1.82) is 0 Å². The predicted octanol–water partition coefficient (Wildman–Crippen LogP) is 1.02. The highest BCUT2D eigenvalue weighted by Crippen LogP contribution is 2.21. The molecule has 0 aromatic carbocycles. The van der Waals surface area contributed by atoms with Crippen LogP contribution >= 0.6 is 11.3 Å².